The highest BCUT2D eigenvalue weighted by atomic mass is 19.4. The van der Waals surface area contributed by atoms with Crippen molar-refractivity contribution in [3.05, 3.63) is 0 Å². The van der Waals surface area contributed by atoms with Crippen molar-refractivity contribution in [3.63, 3.8) is 0 Å². The van der Waals surface area contributed by atoms with Crippen LogP contribution >= 0.6 is 0 Å². The number of hydrogen-bond acceptors (Lipinski definition) is 4. The van der Waals surface area contributed by atoms with Crippen molar-refractivity contribution in [1.82, 2.24) is 9.80 Å². The lowest BCUT2D eigenvalue weighted by Crippen LogP contribution is -2.66. The van der Waals surface area contributed by atoms with E-state index < -0.39 is 36.0 Å². The van der Waals surface area contributed by atoms with Crippen molar-refractivity contribution in [1.29, 1.82) is 0 Å². The molecule has 0 aromatic rings. The van der Waals surface area contributed by atoms with Crippen molar-refractivity contribution >= 4 is 12.1 Å². The molecule has 0 bridgehead atoms. The molecule has 0 aromatic heterocycles. The van der Waals surface area contributed by atoms with Crippen LogP contribution in [0.4, 0.5) is 18.0 Å². The molecule has 2 N–H and O–H groups in total. The summed E-state index contributed by atoms with van der Waals surface area (Å²) in [6.45, 7) is -0.197. The first-order valence-electron chi connectivity index (χ1n) is 7.15. The zero-order valence-corrected chi connectivity index (χ0v) is 12.6. The quantitative estimate of drug-likeness (QED) is 0.786. The van der Waals surface area contributed by atoms with Gasteiger partial charge in [-0.15, -0.1) is 0 Å². The Morgan fingerprint density at radius 3 is 2.17 bits per heavy atom. The number of halogens is 3. The third kappa shape index (κ3) is 4.05. The standard InChI is InChI=1S/C13H19F3N2O5/c1-11(9(19)20)6-17(8-13(14,15)16)7-12(23-11)2-4-18(5-3-12)10(21)22/h2-8H2,1H3,(H,19,20)(H,21,22). The van der Waals surface area contributed by atoms with Crippen molar-refractivity contribution in [2.45, 2.75) is 37.1 Å². The highest BCUT2D eigenvalue weighted by Crippen LogP contribution is 2.37. The molecule has 2 heterocycles. The van der Waals surface area contributed by atoms with Gasteiger partial charge in [-0.2, -0.15) is 13.2 Å². The summed E-state index contributed by atoms with van der Waals surface area (Å²) in [5.74, 6) is -1.33. The van der Waals surface area contributed by atoms with E-state index in [1.54, 1.807) is 0 Å². The Morgan fingerprint density at radius 1 is 1.17 bits per heavy atom. The predicted octanol–water partition coefficient (Wildman–Crippen LogP) is 1.24. The number of morpholine rings is 1. The van der Waals surface area contributed by atoms with Gasteiger partial charge in [0, 0.05) is 26.2 Å². The van der Waals surface area contributed by atoms with E-state index in [0.717, 1.165) is 9.80 Å². The molecule has 0 radical (unpaired) electrons. The molecule has 2 fully saturated rings. The van der Waals surface area contributed by atoms with Crippen LogP contribution in [0.25, 0.3) is 0 Å². The summed E-state index contributed by atoms with van der Waals surface area (Å²) >= 11 is 0. The van der Waals surface area contributed by atoms with Crippen LogP contribution in [-0.2, 0) is 9.53 Å². The fraction of sp³-hybridized carbons (Fsp3) is 0.846. The molecule has 7 nitrogen and oxygen atoms in total. The zero-order valence-electron chi connectivity index (χ0n) is 12.6. The lowest BCUT2D eigenvalue weighted by Gasteiger charge is -2.52. The molecule has 1 spiro atoms. The van der Waals surface area contributed by atoms with Crippen LogP contribution < -0.4 is 0 Å². The highest BCUT2D eigenvalue weighted by Gasteiger charge is 2.53. The van der Waals surface area contributed by atoms with Crippen LogP contribution in [0.1, 0.15) is 19.8 Å². The summed E-state index contributed by atoms with van der Waals surface area (Å²) in [5.41, 5.74) is -2.84. The summed E-state index contributed by atoms with van der Waals surface area (Å²) in [4.78, 5) is 24.6. The second kappa shape index (κ2) is 5.82. The third-order valence-electron chi connectivity index (χ3n) is 4.28. The molecular weight excluding hydrogens is 321 g/mol. The number of hydrogen-bond donors (Lipinski definition) is 2. The molecule has 2 rings (SSSR count). The van der Waals surface area contributed by atoms with Gasteiger partial charge in [0.05, 0.1) is 12.1 Å². The Morgan fingerprint density at radius 2 is 1.74 bits per heavy atom. The molecule has 0 aliphatic carbocycles. The Hall–Kier alpha value is -1.55. The van der Waals surface area contributed by atoms with E-state index in [1.165, 1.54) is 6.92 Å². The molecule has 2 aliphatic heterocycles. The van der Waals surface area contributed by atoms with Gasteiger partial charge in [-0.25, -0.2) is 9.59 Å². The van der Waals surface area contributed by atoms with Crippen molar-refractivity contribution in [2.75, 3.05) is 32.7 Å². The summed E-state index contributed by atoms with van der Waals surface area (Å²) in [6.07, 6.45) is -5.23. The molecule has 0 saturated carbocycles. The average Bonchev–Trinajstić information content (AvgIpc) is 2.35. The molecule has 0 aromatic carbocycles. The minimum atomic E-state index is -4.44. The maximum atomic E-state index is 12.7. The van der Waals surface area contributed by atoms with E-state index in [0.29, 0.717) is 0 Å². The van der Waals surface area contributed by atoms with Crippen molar-refractivity contribution < 1.29 is 37.7 Å². The van der Waals surface area contributed by atoms with Gasteiger partial charge in [-0.05, 0) is 19.8 Å². The number of piperidine rings is 1. The first-order valence-corrected chi connectivity index (χ1v) is 7.15. The zero-order chi connectivity index (χ0) is 17.5. The normalized spacial score (nSPS) is 28.8. The molecule has 23 heavy (non-hydrogen) atoms. The fourth-order valence-electron chi connectivity index (χ4n) is 3.27. The van der Waals surface area contributed by atoms with Crippen molar-refractivity contribution in [3.8, 4) is 0 Å². The number of alkyl halides is 3. The number of carbonyl (C=O) groups is 2. The molecule has 1 atom stereocenters. The van der Waals surface area contributed by atoms with Crippen LogP contribution in [-0.4, -0.2) is 82.2 Å². The average molecular weight is 340 g/mol. The maximum Gasteiger partial charge on any atom is 0.407 e. The van der Waals surface area contributed by atoms with Gasteiger partial charge < -0.3 is 19.8 Å². The van der Waals surface area contributed by atoms with Crippen LogP contribution in [0.15, 0.2) is 0 Å². The lowest BCUT2D eigenvalue weighted by atomic mass is 9.86. The van der Waals surface area contributed by atoms with Gasteiger partial charge in [0.15, 0.2) is 5.60 Å². The van der Waals surface area contributed by atoms with E-state index >= 15 is 0 Å². The van der Waals surface area contributed by atoms with E-state index in [4.69, 9.17) is 9.84 Å². The Labute approximate surface area is 130 Å². The molecule has 132 valence electrons. The number of rotatable bonds is 2. The molecule has 2 aliphatic rings. The topological polar surface area (TPSA) is 90.3 Å². The van der Waals surface area contributed by atoms with Crippen LogP contribution in [0.5, 0.6) is 0 Å². The van der Waals surface area contributed by atoms with Gasteiger partial charge in [0.1, 0.15) is 0 Å². The van der Waals surface area contributed by atoms with E-state index in [-0.39, 0.29) is 39.0 Å². The van der Waals surface area contributed by atoms with Crippen LogP contribution in [0.3, 0.4) is 0 Å². The fourth-order valence-corrected chi connectivity index (χ4v) is 3.27. The minimum absolute atomic E-state index is 0.0666. The Kier molecular flexibility index (Phi) is 4.51. The summed E-state index contributed by atoms with van der Waals surface area (Å²) in [7, 11) is 0. The van der Waals surface area contributed by atoms with E-state index in [2.05, 4.69) is 0 Å². The SMILES string of the molecule is CC1(C(=O)O)CN(CC(F)(F)F)CC2(CCN(C(=O)O)CC2)O1. The predicted molar refractivity (Wildman–Crippen MR) is 71.2 cm³/mol. The molecule has 2 saturated heterocycles. The highest BCUT2D eigenvalue weighted by molar-refractivity contribution is 5.77. The van der Waals surface area contributed by atoms with E-state index in [9.17, 15) is 27.9 Å². The van der Waals surface area contributed by atoms with Gasteiger partial charge in [-0.1, -0.05) is 0 Å². The third-order valence-corrected chi connectivity index (χ3v) is 4.28. The van der Waals surface area contributed by atoms with Crippen molar-refractivity contribution in [2.24, 2.45) is 0 Å². The number of ether oxygens (including phenoxy) is 1. The number of aliphatic carboxylic acids is 1. The molecular formula is C13H19F3N2O5. The summed E-state index contributed by atoms with van der Waals surface area (Å²) in [6, 6.07) is 0. The maximum absolute atomic E-state index is 12.7. The van der Waals surface area contributed by atoms with Gasteiger partial charge in [0.2, 0.25) is 0 Å². The largest absolute Gasteiger partial charge is 0.479 e. The number of carboxylic acids is 1. The van der Waals surface area contributed by atoms with Crippen LogP contribution in [0, 0.1) is 0 Å². The molecule has 1 unspecified atom stereocenters. The number of carboxylic acid groups (broad SMARTS) is 2. The lowest BCUT2D eigenvalue weighted by molar-refractivity contribution is -0.241. The molecule has 1 amide bonds. The smallest absolute Gasteiger partial charge is 0.407 e. The van der Waals surface area contributed by atoms with Gasteiger partial charge in [-0.3, -0.25) is 4.90 Å². The molecule has 10 heteroatoms. The summed E-state index contributed by atoms with van der Waals surface area (Å²) in [5, 5.41) is 18.3. The Balaban J connectivity index is 2.19. The number of likely N-dealkylation sites (tertiary alicyclic amines) is 1. The van der Waals surface area contributed by atoms with Gasteiger partial charge in [0.25, 0.3) is 0 Å². The second-order valence-electron chi connectivity index (χ2n) is 6.35. The summed E-state index contributed by atoms with van der Waals surface area (Å²) < 4.78 is 43.8. The van der Waals surface area contributed by atoms with Crippen LogP contribution in [0.2, 0.25) is 0 Å². The second-order valence-corrected chi connectivity index (χ2v) is 6.35. The first kappa shape index (κ1) is 17.8. The Bertz CT molecular complexity index is 490. The minimum Gasteiger partial charge on any atom is -0.479 e. The van der Waals surface area contributed by atoms with Gasteiger partial charge >= 0.3 is 18.2 Å². The monoisotopic (exact) mass is 340 g/mol. The van der Waals surface area contributed by atoms with E-state index in [1.807, 2.05) is 0 Å². The number of nitrogens with zero attached hydrogens (tertiary/aromatic N) is 2. The number of amides is 1. The first-order chi connectivity index (χ1) is 10.4.